The van der Waals surface area contributed by atoms with Crippen molar-refractivity contribution in [3.8, 4) is 0 Å². The van der Waals surface area contributed by atoms with Crippen LogP contribution in [0.4, 0.5) is 5.82 Å². The molecule has 2 N–H and O–H groups in total. The van der Waals surface area contributed by atoms with Gasteiger partial charge < -0.3 is 20.1 Å². The summed E-state index contributed by atoms with van der Waals surface area (Å²) in [6.45, 7) is 7.18. The molecule has 1 aliphatic heterocycles. The minimum Gasteiger partial charge on any atom is -0.360 e. The minimum atomic E-state index is -0.224. The molecule has 0 aliphatic carbocycles. The lowest BCUT2D eigenvalue weighted by Crippen LogP contribution is -2.47. The first kappa shape index (κ1) is 21.3. The molecular formula is C18H28N4O4S. The fourth-order valence-corrected chi connectivity index (χ4v) is 3.49. The number of hydrogen-bond donors (Lipinski definition) is 2. The third-order valence-electron chi connectivity index (χ3n) is 4.16. The van der Waals surface area contributed by atoms with Crippen LogP contribution in [0.3, 0.4) is 0 Å². The molecule has 0 spiro atoms. The molecule has 2 heterocycles. The van der Waals surface area contributed by atoms with Crippen molar-refractivity contribution in [1.82, 2.24) is 15.4 Å². The van der Waals surface area contributed by atoms with Crippen LogP contribution in [0.5, 0.6) is 0 Å². The van der Waals surface area contributed by atoms with Gasteiger partial charge in [-0.2, -0.15) is 0 Å². The number of nitrogens with one attached hydrogen (secondary N) is 2. The Balaban J connectivity index is 1.59. The lowest BCUT2D eigenvalue weighted by atomic mass is 10.0. The summed E-state index contributed by atoms with van der Waals surface area (Å²) in [4.78, 5) is 37.8. The first-order valence-electron chi connectivity index (χ1n) is 9.21. The highest BCUT2D eigenvalue weighted by Gasteiger charge is 2.24. The second kappa shape index (κ2) is 10.3. The van der Waals surface area contributed by atoms with Crippen molar-refractivity contribution < 1.29 is 18.9 Å². The van der Waals surface area contributed by atoms with Gasteiger partial charge in [0.2, 0.25) is 17.7 Å². The molecule has 0 atom stereocenters. The number of anilines is 1. The number of rotatable bonds is 8. The van der Waals surface area contributed by atoms with Gasteiger partial charge in [-0.25, -0.2) is 0 Å². The Morgan fingerprint density at radius 2 is 1.93 bits per heavy atom. The van der Waals surface area contributed by atoms with Gasteiger partial charge in [0.15, 0.2) is 5.82 Å². The fourth-order valence-electron chi connectivity index (χ4n) is 2.86. The molecule has 0 saturated carbocycles. The van der Waals surface area contributed by atoms with Gasteiger partial charge in [-0.3, -0.25) is 14.4 Å². The van der Waals surface area contributed by atoms with E-state index in [4.69, 9.17) is 4.52 Å². The molecule has 3 amide bonds. The summed E-state index contributed by atoms with van der Waals surface area (Å²) >= 11 is 1.25. The van der Waals surface area contributed by atoms with E-state index in [1.807, 2.05) is 18.7 Å². The van der Waals surface area contributed by atoms with Crippen molar-refractivity contribution in [1.29, 1.82) is 0 Å². The van der Waals surface area contributed by atoms with Gasteiger partial charge >= 0.3 is 0 Å². The topological polar surface area (TPSA) is 105 Å². The second-order valence-corrected chi connectivity index (χ2v) is 8.17. The van der Waals surface area contributed by atoms with Crippen molar-refractivity contribution in [3.63, 3.8) is 0 Å². The van der Waals surface area contributed by atoms with E-state index < -0.39 is 0 Å². The minimum absolute atomic E-state index is 0.0861. The van der Waals surface area contributed by atoms with Gasteiger partial charge in [0.25, 0.3) is 0 Å². The molecule has 1 aliphatic rings. The van der Waals surface area contributed by atoms with Crippen LogP contribution in [0.2, 0.25) is 0 Å². The quantitative estimate of drug-likeness (QED) is 0.694. The Kier molecular flexibility index (Phi) is 8.15. The number of aryl methyl sites for hydroxylation is 1. The third-order valence-corrected chi connectivity index (χ3v) is 5.09. The van der Waals surface area contributed by atoms with Gasteiger partial charge in [-0.15, -0.1) is 11.8 Å². The summed E-state index contributed by atoms with van der Waals surface area (Å²) in [6, 6.07) is 1.72. The summed E-state index contributed by atoms with van der Waals surface area (Å²) < 4.78 is 4.87. The largest absolute Gasteiger partial charge is 0.360 e. The predicted molar refractivity (Wildman–Crippen MR) is 104 cm³/mol. The summed E-state index contributed by atoms with van der Waals surface area (Å²) in [6.07, 6.45) is 2.11. The highest BCUT2D eigenvalue weighted by atomic mass is 32.2. The first-order chi connectivity index (χ1) is 12.8. The predicted octanol–water partition coefficient (Wildman–Crippen LogP) is 1.81. The van der Waals surface area contributed by atoms with E-state index in [1.54, 1.807) is 13.0 Å². The van der Waals surface area contributed by atoms with Crippen molar-refractivity contribution >= 4 is 35.3 Å². The molecule has 1 aromatic rings. The van der Waals surface area contributed by atoms with Gasteiger partial charge in [-0.1, -0.05) is 19.0 Å². The third kappa shape index (κ3) is 7.62. The first-order valence-corrected chi connectivity index (χ1v) is 10.4. The molecular weight excluding hydrogens is 368 g/mol. The van der Waals surface area contributed by atoms with Gasteiger partial charge in [-0.05, 0) is 25.7 Å². The zero-order valence-corrected chi connectivity index (χ0v) is 16.9. The van der Waals surface area contributed by atoms with E-state index in [-0.39, 0.29) is 35.3 Å². The van der Waals surface area contributed by atoms with Crippen LogP contribution >= 0.6 is 11.8 Å². The lowest BCUT2D eigenvalue weighted by molar-refractivity contribution is -0.133. The Morgan fingerprint density at radius 1 is 1.26 bits per heavy atom. The van der Waals surface area contributed by atoms with Crippen LogP contribution < -0.4 is 10.6 Å². The Morgan fingerprint density at radius 3 is 2.52 bits per heavy atom. The van der Waals surface area contributed by atoms with Crippen LogP contribution in [0.25, 0.3) is 0 Å². The summed E-state index contributed by atoms with van der Waals surface area (Å²) in [5.41, 5.74) is 0. The van der Waals surface area contributed by atoms with E-state index in [2.05, 4.69) is 15.8 Å². The van der Waals surface area contributed by atoms with E-state index in [9.17, 15) is 14.4 Å². The zero-order valence-electron chi connectivity index (χ0n) is 16.1. The Bertz CT molecular complexity index is 654. The molecule has 27 heavy (non-hydrogen) atoms. The maximum absolute atomic E-state index is 12.1. The number of thioether (sulfide) groups is 1. The lowest BCUT2D eigenvalue weighted by Gasteiger charge is -2.32. The molecule has 8 nitrogen and oxygen atoms in total. The average molecular weight is 397 g/mol. The molecule has 0 unspecified atom stereocenters. The average Bonchev–Trinajstić information content (AvgIpc) is 2.99. The van der Waals surface area contributed by atoms with E-state index in [1.165, 1.54) is 11.8 Å². The molecule has 1 aromatic heterocycles. The molecule has 150 valence electrons. The van der Waals surface area contributed by atoms with E-state index >= 15 is 0 Å². The Labute approximate surface area is 163 Å². The highest BCUT2D eigenvalue weighted by molar-refractivity contribution is 8.00. The van der Waals surface area contributed by atoms with Crippen molar-refractivity contribution in [2.24, 2.45) is 5.92 Å². The fraction of sp³-hybridized carbons (Fsp3) is 0.667. The molecule has 2 rings (SSSR count). The second-order valence-electron chi connectivity index (χ2n) is 7.18. The van der Waals surface area contributed by atoms with Crippen LogP contribution in [0, 0.1) is 12.8 Å². The number of nitrogens with zero attached hydrogens (tertiary/aromatic N) is 2. The van der Waals surface area contributed by atoms with Crippen LogP contribution in [0.1, 0.15) is 38.9 Å². The standard InChI is InChI=1S/C18H28N4O4S/c1-12(2)8-18(25)22-6-4-14(5-7-22)19-16(23)10-27-11-17(24)20-15-9-13(3)26-21-15/h9,12,14H,4-8,10-11H2,1-3H3,(H,19,23)(H,20,21,24). The number of hydrogen-bond acceptors (Lipinski definition) is 6. The molecule has 0 aromatic carbocycles. The van der Waals surface area contributed by atoms with Gasteiger partial charge in [0.05, 0.1) is 11.5 Å². The SMILES string of the molecule is Cc1cc(NC(=O)CSCC(=O)NC2CCN(C(=O)CC(C)C)CC2)no1. The maximum Gasteiger partial charge on any atom is 0.235 e. The molecule has 1 fully saturated rings. The monoisotopic (exact) mass is 396 g/mol. The van der Waals surface area contributed by atoms with Crippen LogP contribution in [-0.2, 0) is 14.4 Å². The number of carbonyl (C=O) groups excluding carboxylic acids is 3. The number of amides is 3. The summed E-state index contributed by atoms with van der Waals surface area (Å²) in [5.74, 6) is 1.63. The van der Waals surface area contributed by atoms with Crippen LogP contribution in [0.15, 0.2) is 10.6 Å². The van der Waals surface area contributed by atoms with Crippen LogP contribution in [-0.4, -0.2) is 58.4 Å². The van der Waals surface area contributed by atoms with Crippen molar-refractivity contribution in [2.75, 3.05) is 29.9 Å². The number of piperidine rings is 1. The Hall–Kier alpha value is -2.03. The number of aromatic nitrogens is 1. The summed E-state index contributed by atoms with van der Waals surface area (Å²) in [5, 5.41) is 9.29. The molecule has 9 heteroatoms. The van der Waals surface area contributed by atoms with E-state index in [0.29, 0.717) is 37.0 Å². The smallest absolute Gasteiger partial charge is 0.235 e. The maximum atomic E-state index is 12.1. The normalized spacial score (nSPS) is 15.0. The number of carbonyl (C=O) groups is 3. The molecule has 0 bridgehead atoms. The van der Waals surface area contributed by atoms with Gasteiger partial charge in [0, 0.05) is 31.6 Å². The summed E-state index contributed by atoms with van der Waals surface area (Å²) in [7, 11) is 0. The van der Waals surface area contributed by atoms with Gasteiger partial charge in [0.1, 0.15) is 5.76 Å². The van der Waals surface area contributed by atoms with Crippen molar-refractivity contribution in [3.05, 3.63) is 11.8 Å². The highest BCUT2D eigenvalue weighted by Crippen LogP contribution is 2.14. The van der Waals surface area contributed by atoms with E-state index in [0.717, 1.165) is 12.8 Å². The van der Waals surface area contributed by atoms with Crippen molar-refractivity contribution in [2.45, 2.75) is 46.1 Å². The number of likely N-dealkylation sites (tertiary alicyclic amines) is 1. The zero-order chi connectivity index (χ0) is 19.8. The molecule has 1 saturated heterocycles. The molecule has 0 radical (unpaired) electrons.